The third kappa shape index (κ3) is 4.02. The Balaban J connectivity index is 1.37. The zero-order chi connectivity index (χ0) is 18.8. The van der Waals surface area contributed by atoms with Gasteiger partial charge in [0, 0.05) is 38.8 Å². The Kier molecular flexibility index (Phi) is 6.61. The SMILES string of the molecule is COC[C@@H]1[C@@H](C2CCC(C3CCCC(C)C3C)CC2)C2CNC/C=C\CN21. The van der Waals surface area contributed by atoms with E-state index in [2.05, 4.69) is 36.2 Å². The summed E-state index contributed by atoms with van der Waals surface area (Å²) in [4.78, 5) is 2.70. The monoisotopic (exact) mass is 374 g/mol. The van der Waals surface area contributed by atoms with Crippen LogP contribution in [-0.2, 0) is 4.74 Å². The first-order valence-corrected chi connectivity index (χ1v) is 11.8. The van der Waals surface area contributed by atoms with Gasteiger partial charge in [0.2, 0.25) is 0 Å². The smallest absolute Gasteiger partial charge is 0.0621 e. The van der Waals surface area contributed by atoms with Crippen molar-refractivity contribution in [3.05, 3.63) is 12.2 Å². The molecule has 0 spiro atoms. The van der Waals surface area contributed by atoms with E-state index in [9.17, 15) is 0 Å². The van der Waals surface area contributed by atoms with Crippen LogP contribution < -0.4 is 5.32 Å². The molecule has 3 nitrogen and oxygen atoms in total. The summed E-state index contributed by atoms with van der Waals surface area (Å²) >= 11 is 0. The lowest BCUT2D eigenvalue weighted by Gasteiger charge is -2.59. The van der Waals surface area contributed by atoms with Crippen molar-refractivity contribution in [1.82, 2.24) is 10.2 Å². The Labute approximate surface area is 167 Å². The first-order valence-electron chi connectivity index (χ1n) is 11.8. The van der Waals surface area contributed by atoms with E-state index in [1.54, 1.807) is 0 Å². The zero-order valence-corrected chi connectivity index (χ0v) is 17.9. The molecular formula is C24H42N2O. The molecule has 6 atom stereocenters. The molecule has 27 heavy (non-hydrogen) atoms. The molecule has 2 aliphatic heterocycles. The van der Waals surface area contributed by atoms with Crippen LogP contribution in [0.15, 0.2) is 12.2 Å². The summed E-state index contributed by atoms with van der Waals surface area (Å²) in [6, 6.07) is 1.37. The molecule has 154 valence electrons. The van der Waals surface area contributed by atoms with E-state index in [0.29, 0.717) is 6.04 Å². The molecule has 0 aromatic heterocycles. The minimum Gasteiger partial charge on any atom is -0.383 e. The molecule has 0 aromatic rings. The van der Waals surface area contributed by atoms with Gasteiger partial charge in [0.15, 0.2) is 0 Å². The van der Waals surface area contributed by atoms with Crippen molar-refractivity contribution in [1.29, 1.82) is 0 Å². The van der Waals surface area contributed by atoms with Crippen molar-refractivity contribution in [3.63, 3.8) is 0 Å². The number of nitrogens with one attached hydrogen (secondary N) is 1. The lowest BCUT2D eigenvalue weighted by atomic mass is 9.60. The first kappa shape index (κ1) is 19.9. The second-order valence-electron chi connectivity index (χ2n) is 10.1. The molecule has 2 saturated carbocycles. The van der Waals surface area contributed by atoms with Gasteiger partial charge in [-0.05, 0) is 67.6 Å². The highest BCUT2D eigenvalue weighted by Crippen LogP contribution is 2.49. The topological polar surface area (TPSA) is 24.5 Å². The van der Waals surface area contributed by atoms with Crippen LogP contribution in [0.2, 0.25) is 0 Å². The number of hydrogen-bond donors (Lipinski definition) is 1. The van der Waals surface area contributed by atoms with Crippen molar-refractivity contribution in [2.75, 3.05) is 33.4 Å². The summed E-state index contributed by atoms with van der Waals surface area (Å²) in [5.74, 6) is 5.67. The molecule has 2 aliphatic carbocycles. The summed E-state index contributed by atoms with van der Waals surface area (Å²) in [7, 11) is 1.88. The lowest BCUT2D eigenvalue weighted by Crippen LogP contribution is -2.70. The van der Waals surface area contributed by atoms with Crippen molar-refractivity contribution in [2.45, 2.75) is 70.9 Å². The molecule has 0 aromatic carbocycles. The predicted molar refractivity (Wildman–Crippen MR) is 113 cm³/mol. The molecule has 1 saturated heterocycles. The molecule has 3 heteroatoms. The Morgan fingerprint density at radius 2 is 1.78 bits per heavy atom. The minimum atomic E-state index is 0.639. The standard InChI is InChI=1S/C24H42N2O/c1-17-7-6-8-21(18(17)2)19-9-11-20(12-10-19)24-22-15-25-13-4-5-14-26(22)23(24)16-27-3/h4-5,17-25H,6-16H2,1-3H3/b5-4-/t17?,18?,19?,20?,21?,22?,23-,24+/m1/s1. The fourth-order valence-electron chi connectivity index (χ4n) is 7.21. The van der Waals surface area contributed by atoms with Crippen molar-refractivity contribution in [2.24, 2.45) is 35.5 Å². The van der Waals surface area contributed by atoms with Crippen LogP contribution in [0.4, 0.5) is 0 Å². The molecule has 4 aliphatic rings. The van der Waals surface area contributed by atoms with Gasteiger partial charge in [-0.15, -0.1) is 0 Å². The summed E-state index contributed by atoms with van der Waals surface area (Å²) in [5, 5.41) is 3.65. The van der Waals surface area contributed by atoms with Gasteiger partial charge in [-0.1, -0.05) is 38.8 Å². The highest BCUT2D eigenvalue weighted by molar-refractivity contribution is 5.08. The first-order chi connectivity index (χ1) is 13.2. The van der Waals surface area contributed by atoms with Crippen molar-refractivity contribution < 1.29 is 4.74 Å². The number of ether oxygens (including phenoxy) is 1. The van der Waals surface area contributed by atoms with Gasteiger partial charge < -0.3 is 10.1 Å². The number of methoxy groups -OCH3 is 1. The number of rotatable bonds is 4. The summed E-state index contributed by atoms with van der Waals surface area (Å²) in [5.41, 5.74) is 0. The largest absolute Gasteiger partial charge is 0.383 e. The lowest BCUT2D eigenvalue weighted by molar-refractivity contribution is -0.114. The molecule has 0 radical (unpaired) electrons. The van der Waals surface area contributed by atoms with Crippen LogP contribution in [0.1, 0.15) is 58.8 Å². The van der Waals surface area contributed by atoms with E-state index in [0.717, 1.165) is 67.8 Å². The second kappa shape index (κ2) is 8.97. The fourth-order valence-corrected chi connectivity index (χ4v) is 7.21. The highest BCUT2D eigenvalue weighted by atomic mass is 16.5. The van der Waals surface area contributed by atoms with Gasteiger partial charge in [-0.3, -0.25) is 4.90 Å². The maximum atomic E-state index is 5.64. The van der Waals surface area contributed by atoms with E-state index < -0.39 is 0 Å². The molecule has 4 unspecified atom stereocenters. The average molecular weight is 375 g/mol. The van der Waals surface area contributed by atoms with E-state index in [4.69, 9.17) is 4.74 Å². The maximum Gasteiger partial charge on any atom is 0.0621 e. The van der Waals surface area contributed by atoms with Gasteiger partial charge in [0.05, 0.1) is 6.61 Å². The molecular weight excluding hydrogens is 332 g/mol. The van der Waals surface area contributed by atoms with E-state index in [1.807, 2.05) is 7.11 Å². The van der Waals surface area contributed by atoms with Gasteiger partial charge in [-0.25, -0.2) is 0 Å². The Bertz CT molecular complexity index is 499. The van der Waals surface area contributed by atoms with Crippen LogP contribution >= 0.6 is 0 Å². The molecule has 1 N–H and O–H groups in total. The maximum absolute atomic E-state index is 5.64. The molecule has 0 bridgehead atoms. The number of nitrogens with zero attached hydrogens (tertiary/aromatic N) is 1. The van der Waals surface area contributed by atoms with Gasteiger partial charge in [0.25, 0.3) is 0 Å². The van der Waals surface area contributed by atoms with Crippen LogP contribution in [0, 0.1) is 35.5 Å². The van der Waals surface area contributed by atoms with Crippen molar-refractivity contribution >= 4 is 0 Å². The third-order valence-electron chi connectivity index (χ3n) is 8.91. The van der Waals surface area contributed by atoms with Crippen LogP contribution in [-0.4, -0.2) is 50.3 Å². The van der Waals surface area contributed by atoms with Crippen molar-refractivity contribution in [3.8, 4) is 0 Å². The Morgan fingerprint density at radius 3 is 2.56 bits per heavy atom. The van der Waals surface area contributed by atoms with E-state index >= 15 is 0 Å². The van der Waals surface area contributed by atoms with Gasteiger partial charge >= 0.3 is 0 Å². The minimum absolute atomic E-state index is 0.639. The van der Waals surface area contributed by atoms with E-state index in [1.165, 1.54) is 44.9 Å². The summed E-state index contributed by atoms with van der Waals surface area (Å²) in [6.07, 6.45) is 15.0. The van der Waals surface area contributed by atoms with Crippen LogP contribution in [0.25, 0.3) is 0 Å². The van der Waals surface area contributed by atoms with Crippen LogP contribution in [0.5, 0.6) is 0 Å². The Morgan fingerprint density at radius 1 is 1.00 bits per heavy atom. The summed E-state index contributed by atoms with van der Waals surface area (Å²) < 4.78 is 5.64. The Hall–Kier alpha value is -0.380. The highest BCUT2D eigenvalue weighted by Gasteiger charge is 2.51. The predicted octanol–water partition coefficient (Wildman–Crippen LogP) is 4.34. The molecule has 3 fully saturated rings. The normalized spacial score (nSPS) is 47.4. The average Bonchev–Trinajstić information content (AvgIpc) is 2.66. The van der Waals surface area contributed by atoms with E-state index in [-0.39, 0.29) is 0 Å². The molecule has 4 rings (SSSR count). The zero-order valence-electron chi connectivity index (χ0n) is 17.9. The quantitative estimate of drug-likeness (QED) is 0.741. The molecule has 2 heterocycles. The molecule has 0 amide bonds. The van der Waals surface area contributed by atoms with Gasteiger partial charge in [0.1, 0.15) is 0 Å². The van der Waals surface area contributed by atoms with Crippen LogP contribution in [0.3, 0.4) is 0 Å². The van der Waals surface area contributed by atoms with Gasteiger partial charge in [-0.2, -0.15) is 0 Å². The summed E-state index contributed by atoms with van der Waals surface area (Å²) in [6.45, 7) is 9.27. The second-order valence-corrected chi connectivity index (χ2v) is 10.1. The number of fused-ring (bicyclic) bond motifs is 1. The third-order valence-corrected chi connectivity index (χ3v) is 8.91. The number of hydrogen-bond acceptors (Lipinski definition) is 3. The fraction of sp³-hybridized carbons (Fsp3) is 0.917.